The number of benzene rings is 1. The molecule has 4 heteroatoms. The minimum atomic E-state index is -0.103. The second-order valence-corrected chi connectivity index (χ2v) is 6.53. The summed E-state index contributed by atoms with van der Waals surface area (Å²) in [5.41, 5.74) is 8.46. The number of rotatable bonds is 2. The molecule has 1 unspecified atom stereocenters. The number of nitrogens with zero attached hydrogens (tertiary/aromatic N) is 1. The van der Waals surface area contributed by atoms with Crippen LogP contribution < -0.4 is 5.73 Å². The molecule has 2 aromatic heterocycles. The predicted molar refractivity (Wildman–Crippen MR) is 79.8 cm³/mol. The van der Waals surface area contributed by atoms with Gasteiger partial charge in [-0.2, -0.15) is 0 Å². The van der Waals surface area contributed by atoms with Crippen LogP contribution in [0, 0.1) is 0 Å². The van der Waals surface area contributed by atoms with Gasteiger partial charge in [-0.05, 0) is 45.8 Å². The molecule has 0 aliphatic rings. The third-order valence-corrected chi connectivity index (χ3v) is 4.62. The van der Waals surface area contributed by atoms with E-state index in [0.29, 0.717) is 0 Å². The fourth-order valence-corrected chi connectivity index (χ4v) is 3.49. The zero-order valence-electron chi connectivity index (χ0n) is 9.51. The van der Waals surface area contributed by atoms with Crippen molar-refractivity contribution in [2.75, 3.05) is 0 Å². The molecule has 1 atom stereocenters. The van der Waals surface area contributed by atoms with Gasteiger partial charge in [0, 0.05) is 16.5 Å². The molecule has 2 nitrogen and oxygen atoms in total. The number of thiophene rings is 1. The Bertz CT molecular complexity index is 688. The zero-order chi connectivity index (χ0) is 12.5. The highest BCUT2D eigenvalue weighted by Gasteiger charge is 2.13. The number of aromatic nitrogens is 1. The predicted octanol–water partition coefficient (Wildman–Crippen LogP) is 4.11. The molecule has 0 aliphatic carbocycles. The standard InChI is InChI=1S/C14H11BrN2S/c15-13-7-6-12(18-13)14(16)10-3-1-5-11-9(10)4-2-8-17-11/h1-8,14H,16H2. The van der Waals surface area contributed by atoms with Gasteiger partial charge in [0.15, 0.2) is 0 Å². The number of fused-ring (bicyclic) bond motifs is 1. The first-order valence-corrected chi connectivity index (χ1v) is 7.21. The van der Waals surface area contributed by atoms with Crippen molar-refractivity contribution in [1.82, 2.24) is 4.98 Å². The minimum absolute atomic E-state index is 0.103. The van der Waals surface area contributed by atoms with E-state index in [9.17, 15) is 0 Å². The van der Waals surface area contributed by atoms with E-state index in [1.54, 1.807) is 17.5 Å². The number of hydrogen-bond donors (Lipinski definition) is 1. The molecule has 0 saturated carbocycles. The molecule has 3 rings (SSSR count). The van der Waals surface area contributed by atoms with Crippen molar-refractivity contribution >= 4 is 38.2 Å². The van der Waals surface area contributed by atoms with Crippen LogP contribution in [0.4, 0.5) is 0 Å². The van der Waals surface area contributed by atoms with Gasteiger partial charge in [0.1, 0.15) is 0 Å². The maximum Gasteiger partial charge on any atom is 0.0705 e. The lowest BCUT2D eigenvalue weighted by atomic mass is 10.0. The Labute approximate surface area is 118 Å². The highest BCUT2D eigenvalue weighted by Crippen LogP contribution is 2.32. The van der Waals surface area contributed by atoms with Gasteiger partial charge < -0.3 is 5.73 Å². The Hall–Kier alpha value is -1.23. The summed E-state index contributed by atoms with van der Waals surface area (Å²) in [5.74, 6) is 0. The van der Waals surface area contributed by atoms with Gasteiger partial charge in [0.2, 0.25) is 0 Å². The summed E-state index contributed by atoms with van der Waals surface area (Å²) >= 11 is 5.14. The number of hydrogen-bond acceptors (Lipinski definition) is 3. The van der Waals surface area contributed by atoms with Crippen LogP contribution in [0.5, 0.6) is 0 Å². The van der Waals surface area contributed by atoms with Crippen LogP contribution in [-0.2, 0) is 0 Å². The van der Waals surface area contributed by atoms with Crippen molar-refractivity contribution in [3.05, 3.63) is 62.9 Å². The van der Waals surface area contributed by atoms with Gasteiger partial charge in [0.05, 0.1) is 15.3 Å². The topological polar surface area (TPSA) is 38.9 Å². The van der Waals surface area contributed by atoms with Crippen LogP contribution in [0.25, 0.3) is 10.9 Å². The molecule has 1 aromatic carbocycles. The molecule has 2 N–H and O–H groups in total. The van der Waals surface area contributed by atoms with Crippen LogP contribution >= 0.6 is 27.3 Å². The van der Waals surface area contributed by atoms with Gasteiger partial charge in [-0.15, -0.1) is 11.3 Å². The first kappa shape index (κ1) is 11.8. The smallest absolute Gasteiger partial charge is 0.0705 e. The molecular formula is C14H11BrN2S. The first-order chi connectivity index (χ1) is 8.75. The average molecular weight is 319 g/mol. The van der Waals surface area contributed by atoms with E-state index in [4.69, 9.17) is 5.73 Å². The fraction of sp³-hybridized carbons (Fsp3) is 0.0714. The van der Waals surface area contributed by atoms with E-state index >= 15 is 0 Å². The second-order valence-electron chi connectivity index (χ2n) is 4.04. The summed E-state index contributed by atoms with van der Waals surface area (Å²) in [6, 6.07) is 14.1. The number of halogens is 1. The minimum Gasteiger partial charge on any atom is -0.320 e. The van der Waals surface area contributed by atoms with Crippen LogP contribution in [0.15, 0.2) is 52.4 Å². The largest absolute Gasteiger partial charge is 0.320 e. The Kier molecular flexibility index (Phi) is 3.16. The molecule has 0 spiro atoms. The van der Waals surface area contributed by atoms with E-state index in [1.165, 1.54) is 0 Å². The van der Waals surface area contributed by atoms with E-state index in [-0.39, 0.29) is 6.04 Å². The lowest BCUT2D eigenvalue weighted by Crippen LogP contribution is -2.10. The van der Waals surface area contributed by atoms with E-state index in [0.717, 1.165) is 25.1 Å². The third-order valence-electron chi connectivity index (χ3n) is 2.91. The van der Waals surface area contributed by atoms with E-state index in [2.05, 4.69) is 39.1 Å². The molecule has 3 aromatic rings. The quantitative estimate of drug-likeness (QED) is 0.772. The molecule has 0 radical (unpaired) electrons. The van der Waals surface area contributed by atoms with Crippen molar-refractivity contribution in [3.63, 3.8) is 0 Å². The molecule has 90 valence electrons. The Morgan fingerprint density at radius 2 is 2.00 bits per heavy atom. The Morgan fingerprint density at radius 1 is 1.11 bits per heavy atom. The Balaban J connectivity index is 2.14. The molecule has 0 fully saturated rings. The van der Waals surface area contributed by atoms with Gasteiger partial charge in [-0.1, -0.05) is 18.2 Å². The van der Waals surface area contributed by atoms with Gasteiger partial charge in [0.25, 0.3) is 0 Å². The molecular weight excluding hydrogens is 308 g/mol. The molecule has 0 saturated heterocycles. The zero-order valence-corrected chi connectivity index (χ0v) is 11.9. The Morgan fingerprint density at radius 3 is 2.78 bits per heavy atom. The third kappa shape index (κ3) is 2.07. The van der Waals surface area contributed by atoms with Crippen molar-refractivity contribution in [3.8, 4) is 0 Å². The van der Waals surface area contributed by atoms with Crippen LogP contribution in [0.1, 0.15) is 16.5 Å². The summed E-state index contributed by atoms with van der Waals surface area (Å²) in [5, 5.41) is 1.12. The highest BCUT2D eigenvalue weighted by atomic mass is 79.9. The summed E-state index contributed by atoms with van der Waals surface area (Å²) in [6.07, 6.45) is 1.80. The van der Waals surface area contributed by atoms with Crippen molar-refractivity contribution in [2.24, 2.45) is 5.73 Å². The van der Waals surface area contributed by atoms with Crippen molar-refractivity contribution in [2.45, 2.75) is 6.04 Å². The van der Waals surface area contributed by atoms with Crippen molar-refractivity contribution < 1.29 is 0 Å². The SMILES string of the molecule is NC(c1ccc(Br)s1)c1cccc2ncccc12. The molecule has 18 heavy (non-hydrogen) atoms. The maximum atomic E-state index is 6.36. The summed E-state index contributed by atoms with van der Waals surface area (Å²) in [7, 11) is 0. The lowest BCUT2D eigenvalue weighted by molar-refractivity contribution is 0.903. The maximum absolute atomic E-state index is 6.36. The lowest BCUT2D eigenvalue weighted by Gasteiger charge is -2.12. The molecule has 2 heterocycles. The summed E-state index contributed by atoms with van der Waals surface area (Å²) in [6.45, 7) is 0. The summed E-state index contributed by atoms with van der Waals surface area (Å²) in [4.78, 5) is 5.51. The first-order valence-electron chi connectivity index (χ1n) is 5.60. The molecule has 0 aliphatic heterocycles. The monoisotopic (exact) mass is 318 g/mol. The van der Waals surface area contributed by atoms with Crippen LogP contribution in [0.2, 0.25) is 0 Å². The van der Waals surface area contributed by atoms with Crippen LogP contribution in [0.3, 0.4) is 0 Å². The second kappa shape index (κ2) is 4.80. The highest BCUT2D eigenvalue weighted by molar-refractivity contribution is 9.11. The van der Waals surface area contributed by atoms with Crippen molar-refractivity contribution in [1.29, 1.82) is 0 Å². The van der Waals surface area contributed by atoms with E-state index in [1.807, 2.05) is 24.3 Å². The van der Waals surface area contributed by atoms with Gasteiger partial charge >= 0.3 is 0 Å². The normalized spacial score (nSPS) is 12.8. The fourth-order valence-electron chi connectivity index (χ4n) is 2.05. The summed E-state index contributed by atoms with van der Waals surface area (Å²) < 4.78 is 1.10. The van der Waals surface area contributed by atoms with Crippen LogP contribution in [-0.4, -0.2) is 4.98 Å². The number of nitrogens with two attached hydrogens (primary N) is 1. The van der Waals surface area contributed by atoms with Gasteiger partial charge in [-0.3, -0.25) is 4.98 Å². The number of pyridine rings is 1. The molecule has 0 amide bonds. The average Bonchev–Trinajstić information content (AvgIpc) is 2.84. The molecule has 0 bridgehead atoms. The van der Waals surface area contributed by atoms with E-state index < -0.39 is 0 Å². The van der Waals surface area contributed by atoms with Gasteiger partial charge in [-0.25, -0.2) is 0 Å².